The number of benzene rings is 1. The highest BCUT2D eigenvalue weighted by Gasteiger charge is 2.29. The number of amides is 2. The summed E-state index contributed by atoms with van der Waals surface area (Å²) in [5, 5.41) is 3.87. The standard InChI is InChI=1S/C17H19FN4O3/c18-13-6-4-11(5-7-13)17-20-14(25-21-17)2-1-3-15(23)22-9-8-12(10-22)16(19)24/h4-7,12H,1-3,8-10H2,(H2,19,24)/t12-/m0/s1. The first-order chi connectivity index (χ1) is 12.0. The maximum Gasteiger partial charge on any atom is 0.226 e. The summed E-state index contributed by atoms with van der Waals surface area (Å²) in [5.74, 6) is -0.0881. The van der Waals surface area contributed by atoms with Crippen molar-refractivity contribution >= 4 is 11.8 Å². The van der Waals surface area contributed by atoms with Gasteiger partial charge in [0, 0.05) is 31.5 Å². The highest BCUT2D eigenvalue weighted by Crippen LogP contribution is 2.19. The fourth-order valence-corrected chi connectivity index (χ4v) is 2.84. The van der Waals surface area contributed by atoms with Crippen LogP contribution in [-0.2, 0) is 16.0 Å². The lowest BCUT2D eigenvalue weighted by molar-refractivity contribution is -0.130. The van der Waals surface area contributed by atoms with Crippen molar-refractivity contribution in [2.75, 3.05) is 13.1 Å². The second kappa shape index (κ2) is 7.42. The fraction of sp³-hybridized carbons (Fsp3) is 0.412. The third-order valence-corrected chi connectivity index (χ3v) is 4.30. The van der Waals surface area contributed by atoms with Crippen LogP contribution in [0.4, 0.5) is 4.39 Å². The van der Waals surface area contributed by atoms with Crippen LogP contribution in [-0.4, -0.2) is 39.9 Å². The molecule has 0 unspecified atom stereocenters. The van der Waals surface area contributed by atoms with Crippen LogP contribution < -0.4 is 5.73 Å². The molecule has 1 saturated heterocycles. The number of rotatable bonds is 6. The van der Waals surface area contributed by atoms with Crippen LogP contribution in [0.3, 0.4) is 0 Å². The lowest BCUT2D eigenvalue weighted by Gasteiger charge is -2.15. The molecule has 2 N–H and O–H groups in total. The molecule has 2 heterocycles. The van der Waals surface area contributed by atoms with Crippen LogP contribution >= 0.6 is 0 Å². The number of nitrogens with two attached hydrogens (primary N) is 1. The van der Waals surface area contributed by atoms with E-state index in [1.165, 1.54) is 12.1 Å². The number of carbonyl (C=O) groups excluding carboxylic acids is 2. The number of hydrogen-bond donors (Lipinski definition) is 1. The Hall–Kier alpha value is -2.77. The number of aryl methyl sites for hydroxylation is 1. The summed E-state index contributed by atoms with van der Waals surface area (Å²) >= 11 is 0. The summed E-state index contributed by atoms with van der Waals surface area (Å²) in [5.41, 5.74) is 5.94. The molecule has 1 fully saturated rings. The molecule has 1 aliphatic rings. The number of likely N-dealkylation sites (tertiary alicyclic amines) is 1. The lowest BCUT2D eigenvalue weighted by atomic mass is 10.1. The average molecular weight is 346 g/mol. The molecule has 3 rings (SSSR count). The summed E-state index contributed by atoms with van der Waals surface area (Å²) in [6, 6.07) is 5.82. The Morgan fingerprint density at radius 1 is 1.32 bits per heavy atom. The molecule has 1 aromatic carbocycles. The molecule has 1 atom stereocenters. The molecular formula is C17H19FN4O3. The number of primary amides is 1. The Morgan fingerprint density at radius 3 is 2.76 bits per heavy atom. The lowest BCUT2D eigenvalue weighted by Crippen LogP contribution is -2.31. The highest BCUT2D eigenvalue weighted by molar-refractivity contribution is 5.81. The van der Waals surface area contributed by atoms with Crippen LogP contribution in [0.25, 0.3) is 11.4 Å². The molecule has 8 heteroatoms. The largest absolute Gasteiger partial charge is 0.369 e. The number of carbonyl (C=O) groups is 2. The van der Waals surface area contributed by atoms with Crippen molar-refractivity contribution in [2.45, 2.75) is 25.7 Å². The molecule has 2 aromatic rings. The Morgan fingerprint density at radius 2 is 2.08 bits per heavy atom. The number of hydrogen-bond acceptors (Lipinski definition) is 5. The minimum Gasteiger partial charge on any atom is -0.369 e. The Kier molecular flexibility index (Phi) is 5.06. The SMILES string of the molecule is NC(=O)[C@H]1CCN(C(=O)CCCc2nc(-c3ccc(F)cc3)no2)C1. The minimum absolute atomic E-state index is 0.00187. The van der Waals surface area contributed by atoms with E-state index in [2.05, 4.69) is 10.1 Å². The van der Waals surface area contributed by atoms with Gasteiger partial charge in [-0.3, -0.25) is 9.59 Å². The van der Waals surface area contributed by atoms with Gasteiger partial charge in [0.15, 0.2) is 0 Å². The van der Waals surface area contributed by atoms with E-state index in [-0.39, 0.29) is 23.5 Å². The molecule has 2 amide bonds. The first-order valence-electron chi connectivity index (χ1n) is 8.18. The van der Waals surface area contributed by atoms with E-state index in [4.69, 9.17) is 10.3 Å². The number of nitrogens with zero attached hydrogens (tertiary/aromatic N) is 3. The van der Waals surface area contributed by atoms with E-state index in [9.17, 15) is 14.0 Å². The monoisotopic (exact) mass is 346 g/mol. The molecule has 0 aliphatic carbocycles. The van der Waals surface area contributed by atoms with Crippen LogP contribution in [0, 0.1) is 11.7 Å². The summed E-state index contributed by atoms with van der Waals surface area (Å²) in [4.78, 5) is 29.2. The van der Waals surface area contributed by atoms with Crippen LogP contribution in [0.1, 0.15) is 25.2 Å². The van der Waals surface area contributed by atoms with E-state index in [0.29, 0.717) is 56.1 Å². The third-order valence-electron chi connectivity index (χ3n) is 4.30. The van der Waals surface area contributed by atoms with Gasteiger partial charge in [-0.2, -0.15) is 4.98 Å². The van der Waals surface area contributed by atoms with Gasteiger partial charge in [0.05, 0.1) is 5.92 Å². The van der Waals surface area contributed by atoms with Gasteiger partial charge in [0.1, 0.15) is 5.82 Å². The molecule has 132 valence electrons. The van der Waals surface area contributed by atoms with Crippen molar-refractivity contribution in [1.29, 1.82) is 0 Å². The van der Waals surface area contributed by atoms with Gasteiger partial charge in [-0.05, 0) is 37.1 Å². The number of halogens is 1. The van der Waals surface area contributed by atoms with Gasteiger partial charge in [0.25, 0.3) is 0 Å². The van der Waals surface area contributed by atoms with Gasteiger partial charge >= 0.3 is 0 Å². The maximum atomic E-state index is 12.9. The second-order valence-electron chi connectivity index (χ2n) is 6.10. The molecule has 1 aliphatic heterocycles. The predicted octanol–water partition coefficient (Wildman–Crippen LogP) is 1.53. The fourth-order valence-electron chi connectivity index (χ4n) is 2.84. The van der Waals surface area contributed by atoms with E-state index in [1.54, 1.807) is 17.0 Å². The molecule has 0 bridgehead atoms. The van der Waals surface area contributed by atoms with Gasteiger partial charge in [-0.15, -0.1) is 0 Å². The zero-order chi connectivity index (χ0) is 17.8. The van der Waals surface area contributed by atoms with Gasteiger partial charge in [0.2, 0.25) is 23.5 Å². The number of aromatic nitrogens is 2. The molecule has 1 aromatic heterocycles. The summed E-state index contributed by atoms with van der Waals surface area (Å²) in [6.45, 7) is 0.977. The van der Waals surface area contributed by atoms with Crippen molar-refractivity contribution < 1.29 is 18.5 Å². The third kappa shape index (κ3) is 4.20. The van der Waals surface area contributed by atoms with Crippen molar-refractivity contribution in [2.24, 2.45) is 11.7 Å². The first kappa shape index (κ1) is 17.1. The summed E-state index contributed by atoms with van der Waals surface area (Å²) < 4.78 is 18.1. The zero-order valence-corrected chi connectivity index (χ0v) is 13.7. The van der Waals surface area contributed by atoms with Crippen LogP contribution in [0.2, 0.25) is 0 Å². The quantitative estimate of drug-likeness (QED) is 0.854. The summed E-state index contributed by atoms with van der Waals surface area (Å²) in [6.07, 6.45) is 2.03. The van der Waals surface area contributed by atoms with Crippen molar-refractivity contribution in [3.05, 3.63) is 36.0 Å². The second-order valence-corrected chi connectivity index (χ2v) is 6.10. The normalized spacial score (nSPS) is 17.0. The molecule has 0 spiro atoms. The van der Waals surface area contributed by atoms with Crippen molar-refractivity contribution in [1.82, 2.24) is 15.0 Å². The molecule has 7 nitrogen and oxygen atoms in total. The first-order valence-corrected chi connectivity index (χ1v) is 8.18. The van der Waals surface area contributed by atoms with Crippen molar-refractivity contribution in [3.8, 4) is 11.4 Å². The van der Waals surface area contributed by atoms with Gasteiger partial charge in [-0.1, -0.05) is 5.16 Å². The molecule has 0 radical (unpaired) electrons. The van der Waals surface area contributed by atoms with E-state index in [1.807, 2.05) is 0 Å². The van der Waals surface area contributed by atoms with Crippen LogP contribution in [0.5, 0.6) is 0 Å². The van der Waals surface area contributed by atoms with Crippen LogP contribution in [0.15, 0.2) is 28.8 Å². The average Bonchev–Trinajstić information content (AvgIpc) is 3.25. The summed E-state index contributed by atoms with van der Waals surface area (Å²) in [7, 11) is 0. The molecule has 0 saturated carbocycles. The topological polar surface area (TPSA) is 102 Å². The predicted molar refractivity (Wildman–Crippen MR) is 86.5 cm³/mol. The minimum atomic E-state index is -0.352. The Balaban J connectivity index is 1.47. The van der Waals surface area contributed by atoms with E-state index < -0.39 is 0 Å². The Bertz CT molecular complexity index is 760. The Labute approximate surface area is 144 Å². The van der Waals surface area contributed by atoms with E-state index in [0.717, 1.165) is 0 Å². The van der Waals surface area contributed by atoms with E-state index >= 15 is 0 Å². The zero-order valence-electron chi connectivity index (χ0n) is 13.7. The molecular weight excluding hydrogens is 327 g/mol. The maximum absolute atomic E-state index is 12.9. The smallest absolute Gasteiger partial charge is 0.226 e. The molecule has 25 heavy (non-hydrogen) atoms. The highest BCUT2D eigenvalue weighted by atomic mass is 19.1. The van der Waals surface area contributed by atoms with Gasteiger partial charge in [-0.25, -0.2) is 4.39 Å². The van der Waals surface area contributed by atoms with Crippen molar-refractivity contribution in [3.63, 3.8) is 0 Å². The van der Waals surface area contributed by atoms with Gasteiger partial charge < -0.3 is 15.2 Å².